The number of aliphatic hydroxyl groups is 1. The number of carbonyl (C=O) groups is 1. The Balaban J connectivity index is 2.16. The molecule has 0 amide bonds. The summed E-state index contributed by atoms with van der Waals surface area (Å²) in [6.07, 6.45) is 4.04. The van der Waals surface area contributed by atoms with E-state index in [1.807, 2.05) is 18.2 Å². The molecule has 0 radical (unpaired) electrons. The average molecular weight is 274 g/mol. The molecule has 0 heterocycles. The van der Waals surface area contributed by atoms with E-state index in [1.165, 1.54) is 5.56 Å². The van der Waals surface area contributed by atoms with Gasteiger partial charge in [0.05, 0.1) is 0 Å². The molecule has 1 saturated carbocycles. The fraction of sp³-hybridized carbons (Fsp3) is 0.611. The highest BCUT2D eigenvalue weighted by Gasteiger charge is 2.39. The quantitative estimate of drug-likeness (QED) is 0.842. The van der Waals surface area contributed by atoms with Crippen LogP contribution < -0.4 is 0 Å². The SMILES string of the molecule is CC(C)Cc1cccc(C(=O)C2(O)CCC(C)CC2)c1. The van der Waals surface area contributed by atoms with Crippen molar-refractivity contribution >= 4 is 5.78 Å². The van der Waals surface area contributed by atoms with Crippen molar-refractivity contribution in [3.63, 3.8) is 0 Å². The lowest BCUT2D eigenvalue weighted by atomic mass is 9.75. The van der Waals surface area contributed by atoms with Gasteiger partial charge < -0.3 is 5.11 Å². The van der Waals surface area contributed by atoms with Crippen molar-refractivity contribution in [2.45, 2.75) is 58.5 Å². The third-order valence-electron chi connectivity index (χ3n) is 4.36. The lowest BCUT2D eigenvalue weighted by molar-refractivity contribution is 0.00426. The summed E-state index contributed by atoms with van der Waals surface area (Å²) in [7, 11) is 0. The Labute approximate surface area is 122 Å². The van der Waals surface area contributed by atoms with Gasteiger partial charge in [0.15, 0.2) is 5.78 Å². The normalized spacial score (nSPS) is 26.8. The van der Waals surface area contributed by atoms with Gasteiger partial charge in [-0.2, -0.15) is 0 Å². The van der Waals surface area contributed by atoms with E-state index in [2.05, 4.69) is 26.8 Å². The van der Waals surface area contributed by atoms with Crippen molar-refractivity contribution in [3.05, 3.63) is 35.4 Å². The number of ketones is 1. The number of hydrogen-bond donors (Lipinski definition) is 1. The van der Waals surface area contributed by atoms with Gasteiger partial charge in [-0.25, -0.2) is 0 Å². The molecular weight excluding hydrogens is 248 g/mol. The highest BCUT2D eigenvalue weighted by Crippen LogP contribution is 2.34. The predicted molar refractivity (Wildman–Crippen MR) is 81.9 cm³/mol. The third-order valence-corrected chi connectivity index (χ3v) is 4.36. The maximum absolute atomic E-state index is 12.6. The Bertz CT molecular complexity index is 468. The Morgan fingerprint density at radius 2 is 2.00 bits per heavy atom. The first-order chi connectivity index (χ1) is 9.40. The molecule has 1 aliphatic rings. The summed E-state index contributed by atoms with van der Waals surface area (Å²) in [5.74, 6) is 1.10. The van der Waals surface area contributed by atoms with Crippen molar-refractivity contribution in [1.29, 1.82) is 0 Å². The number of benzene rings is 1. The largest absolute Gasteiger partial charge is 0.382 e. The lowest BCUT2D eigenvalue weighted by Gasteiger charge is -2.33. The van der Waals surface area contributed by atoms with E-state index in [1.54, 1.807) is 0 Å². The van der Waals surface area contributed by atoms with Gasteiger partial charge in [0, 0.05) is 5.56 Å². The van der Waals surface area contributed by atoms with E-state index in [4.69, 9.17) is 0 Å². The summed E-state index contributed by atoms with van der Waals surface area (Å²) in [5, 5.41) is 10.6. The van der Waals surface area contributed by atoms with Crippen LogP contribution in [0.5, 0.6) is 0 Å². The summed E-state index contributed by atoms with van der Waals surface area (Å²) >= 11 is 0. The Morgan fingerprint density at radius 1 is 1.35 bits per heavy atom. The summed E-state index contributed by atoms with van der Waals surface area (Å²) in [5.41, 5.74) is 0.710. The molecule has 1 N–H and O–H groups in total. The van der Waals surface area contributed by atoms with Crippen LogP contribution in [0.4, 0.5) is 0 Å². The molecule has 20 heavy (non-hydrogen) atoms. The van der Waals surface area contributed by atoms with Crippen LogP contribution in [-0.4, -0.2) is 16.5 Å². The van der Waals surface area contributed by atoms with Crippen LogP contribution in [0.15, 0.2) is 24.3 Å². The van der Waals surface area contributed by atoms with Gasteiger partial charge in [0.25, 0.3) is 0 Å². The van der Waals surface area contributed by atoms with E-state index in [9.17, 15) is 9.90 Å². The topological polar surface area (TPSA) is 37.3 Å². The molecule has 0 atom stereocenters. The molecule has 0 aliphatic heterocycles. The van der Waals surface area contributed by atoms with E-state index >= 15 is 0 Å². The van der Waals surface area contributed by atoms with Gasteiger partial charge >= 0.3 is 0 Å². The second kappa shape index (κ2) is 6.09. The van der Waals surface area contributed by atoms with Crippen molar-refractivity contribution in [2.24, 2.45) is 11.8 Å². The highest BCUT2D eigenvalue weighted by molar-refractivity contribution is 6.02. The Morgan fingerprint density at radius 3 is 2.60 bits per heavy atom. The third kappa shape index (κ3) is 3.49. The first kappa shape index (κ1) is 15.2. The van der Waals surface area contributed by atoms with Crippen LogP contribution in [0.3, 0.4) is 0 Å². The van der Waals surface area contributed by atoms with Gasteiger partial charge in [0.2, 0.25) is 0 Å². The zero-order valence-corrected chi connectivity index (χ0v) is 12.9. The minimum Gasteiger partial charge on any atom is -0.382 e. The van der Waals surface area contributed by atoms with Crippen molar-refractivity contribution in [3.8, 4) is 0 Å². The number of Topliss-reactive ketones (excluding diaryl/α,β-unsaturated/α-hetero) is 1. The summed E-state index contributed by atoms with van der Waals surface area (Å²) in [4.78, 5) is 12.6. The second-order valence-corrected chi connectivity index (χ2v) is 6.84. The zero-order valence-electron chi connectivity index (χ0n) is 12.9. The Hall–Kier alpha value is -1.15. The second-order valence-electron chi connectivity index (χ2n) is 6.84. The summed E-state index contributed by atoms with van der Waals surface area (Å²) in [6, 6.07) is 7.78. The van der Waals surface area contributed by atoms with Crippen molar-refractivity contribution in [1.82, 2.24) is 0 Å². The van der Waals surface area contributed by atoms with Crippen LogP contribution in [-0.2, 0) is 6.42 Å². The van der Waals surface area contributed by atoms with Crippen molar-refractivity contribution < 1.29 is 9.90 Å². The van der Waals surface area contributed by atoms with Crippen molar-refractivity contribution in [2.75, 3.05) is 0 Å². The Kier molecular flexibility index (Phi) is 4.64. The van der Waals surface area contributed by atoms with E-state index in [0.717, 1.165) is 19.3 Å². The maximum Gasteiger partial charge on any atom is 0.194 e. The fourth-order valence-electron chi connectivity index (χ4n) is 3.05. The van der Waals surface area contributed by atoms with Gasteiger partial charge in [0.1, 0.15) is 5.60 Å². The van der Waals surface area contributed by atoms with Crippen LogP contribution in [0.2, 0.25) is 0 Å². The van der Waals surface area contributed by atoms with Crippen LogP contribution in [0.1, 0.15) is 62.4 Å². The molecule has 2 rings (SSSR count). The standard InChI is InChI=1S/C18H26O2/c1-13(2)11-15-5-4-6-16(12-15)17(19)18(20)9-7-14(3)8-10-18/h4-6,12-14,20H,7-11H2,1-3H3. The molecule has 110 valence electrons. The van der Waals surface area contributed by atoms with Gasteiger partial charge in [-0.3, -0.25) is 4.79 Å². The molecule has 1 aromatic carbocycles. The molecule has 0 aromatic heterocycles. The fourth-order valence-corrected chi connectivity index (χ4v) is 3.05. The minimum absolute atomic E-state index is 0.0880. The first-order valence-electron chi connectivity index (χ1n) is 7.77. The molecule has 2 heteroatoms. The zero-order chi connectivity index (χ0) is 14.8. The number of carbonyl (C=O) groups excluding carboxylic acids is 1. The molecule has 1 fully saturated rings. The van der Waals surface area contributed by atoms with Gasteiger partial charge in [-0.05, 0) is 55.6 Å². The smallest absolute Gasteiger partial charge is 0.194 e. The van der Waals surface area contributed by atoms with Crippen LogP contribution >= 0.6 is 0 Å². The summed E-state index contributed by atoms with van der Waals surface area (Å²) < 4.78 is 0. The monoisotopic (exact) mass is 274 g/mol. The predicted octanol–water partition coefficient (Wildman–Crippen LogP) is 4.01. The summed E-state index contributed by atoms with van der Waals surface area (Å²) in [6.45, 7) is 6.53. The number of hydrogen-bond acceptors (Lipinski definition) is 2. The average Bonchev–Trinajstić information content (AvgIpc) is 2.41. The molecule has 0 bridgehead atoms. The molecule has 0 saturated heterocycles. The van der Waals surface area contributed by atoms with E-state index in [-0.39, 0.29) is 5.78 Å². The minimum atomic E-state index is -1.14. The van der Waals surface area contributed by atoms with Gasteiger partial charge in [-0.15, -0.1) is 0 Å². The molecule has 0 spiro atoms. The van der Waals surface area contributed by atoms with E-state index < -0.39 is 5.60 Å². The first-order valence-corrected chi connectivity index (χ1v) is 7.77. The molecule has 2 nitrogen and oxygen atoms in total. The van der Waals surface area contributed by atoms with Gasteiger partial charge in [-0.1, -0.05) is 39.0 Å². The number of rotatable bonds is 4. The highest BCUT2D eigenvalue weighted by atomic mass is 16.3. The molecule has 1 aliphatic carbocycles. The molecule has 1 aromatic rings. The molecule has 0 unspecified atom stereocenters. The maximum atomic E-state index is 12.6. The van der Waals surface area contributed by atoms with Crippen LogP contribution in [0, 0.1) is 11.8 Å². The molecular formula is C18H26O2. The lowest BCUT2D eigenvalue weighted by Crippen LogP contribution is -2.41. The van der Waals surface area contributed by atoms with E-state index in [0.29, 0.717) is 30.2 Å². The van der Waals surface area contributed by atoms with Crippen LogP contribution in [0.25, 0.3) is 0 Å².